The van der Waals surface area contributed by atoms with E-state index in [1.807, 2.05) is 0 Å². The number of rotatable bonds is 4. The average Bonchev–Trinajstić information content (AvgIpc) is 2.34. The van der Waals surface area contributed by atoms with Crippen LogP contribution >= 0.6 is 0 Å². The molecule has 0 spiro atoms. The quantitative estimate of drug-likeness (QED) is 0.891. The zero-order chi connectivity index (χ0) is 13.0. The summed E-state index contributed by atoms with van der Waals surface area (Å²) in [5, 5.41) is 3.39. The minimum absolute atomic E-state index is 0.0164. The molecule has 0 heterocycles. The number of nitrogens with one attached hydrogen (secondary N) is 1. The highest BCUT2D eigenvalue weighted by atomic mass is 19.1. The number of benzene rings is 1. The summed E-state index contributed by atoms with van der Waals surface area (Å²) in [4.78, 5) is 0. The van der Waals surface area contributed by atoms with Gasteiger partial charge in [0.05, 0.1) is 0 Å². The van der Waals surface area contributed by atoms with E-state index in [0.717, 1.165) is 38.3 Å². The van der Waals surface area contributed by atoms with E-state index in [1.165, 1.54) is 12.1 Å². The van der Waals surface area contributed by atoms with Gasteiger partial charge in [-0.05, 0) is 44.4 Å². The molecule has 2 atom stereocenters. The van der Waals surface area contributed by atoms with Gasteiger partial charge >= 0.3 is 0 Å². The van der Waals surface area contributed by atoms with E-state index >= 15 is 0 Å². The van der Waals surface area contributed by atoms with Crippen LogP contribution in [0.5, 0.6) is 5.75 Å². The third kappa shape index (κ3) is 3.42. The van der Waals surface area contributed by atoms with Crippen molar-refractivity contribution >= 4 is 0 Å². The summed E-state index contributed by atoms with van der Waals surface area (Å²) in [5.74, 6) is -1.05. The summed E-state index contributed by atoms with van der Waals surface area (Å²) in [6, 6.07) is 3.89. The number of hydrogen-bond acceptors (Lipinski definition) is 2. The lowest BCUT2D eigenvalue weighted by Gasteiger charge is -2.30. The van der Waals surface area contributed by atoms with Crippen LogP contribution in [0.25, 0.3) is 0 Å². The van der Waals surface area contributed by atoms with Gasteiger partial charge in [-0.25, -0.2) is 8.78 Å². The monoisotopic (exact) mass is 255 g/mol. The molecule has 1 fully saturated rings. The van der Waals surface area contributed by atoms with Gasteiger partial charge in [-0.15, -0.1) is 0 Å². The third-order valence-electron chi connectivity index (χ3n) is 3.31. The average molecular weight is 255 g/mol. The van der Waals surface area contributed by atoms with Crippen molar-refractivity contribution in [2.24, 2.45) is 0 Å². The Kier molecular flexibility index (Phi) is 4.53. The number of hydrogen-bond donors (Lipinski definition) is 1. The van der Waals surface area contributed by atoms with Crippen LogP contribution in [0.3, 0.4) is 0 Å². The van der Waals surface area contributed by atoms with Crippen LogP contribution in [0.4, 0.5) is 8.78 Å². The molecule has 1 saturated carbocycles. The Bertz CT molecular complexity index is 395. The SMILES string of the molecule is CCNC1CCCC(Oc2ccc(F)cc2F)C1. The van der Waals surface area contributed by atoms with Crippen molar-refractivity contribution in [3.63, 3.8) is 0 Å². The molecule has 18 heavy (non-hydrogen) atoms. The fourth-order valence-electron chi connectivity index (χ4n) is 2.48. The molecule has 1 aliphatic rings. The minimum atomic E-state index is -0.624. The summed E-state index contributed by atoms with van der Waals surface area (Å²) in [6.07, 6.45) is 4.04. The maximum atomic E-state index is 13.5. The second-order valence-electron chi connectivity index (χ2n) is 4.74. The summed E-state index contributed by atoms with van der Waals surface area (Å²) < 4.78 is 31.9. The van der Waals surface area contributed by atoms with Gasteiger partial charge in [-0.1, -0.05) is 6.92 Å². The molecule has 1 N–H and O–H groups in total. The summed E-state index contributed by atoms with van der Waals surface area (Å²) >= 11 is 0. The van der Waals surface area contributed by atoms with E-state index in [2.05, 4.69) is 12.2 Å². The first-order valence-corrected chi connectivity index (χ1v) is 6.54. The Morgan fingerprint density at radius 3 is 2.89 bits per heavy atom. The first-order chi connectivity index (χ1) is 8.69. The predicted octanol–water partition coefficient (Wildman–Crippen LogP) is 3.26. The van der Waals surface area contributed by atoms with Crippen LogP contribution in [-0.2, 0) is 0 Å². The van der Waals surface area contributed by atoms with Crippen molar-refractivity contribution in [1.29, 1.82) is 0 Å². The fraction of sp³-hybridized carbons (Fsp3) is 0.571. The van der Waals surface area contributed by atoms with Crippen LogP contribution in [0.1, 0.15) is 32.6 Å². The second kappa shape index (κ2) is 6.14. The Hall–Kier alpha value is -1.16. The van der Waals surface area contributed by atoms with Gasteiger partial charge in [0.2, 0.25) is 0 Å². The van der Waals surface area contributed by atoms with E-state index in [-0.39, 0.29) is 11.9 Å². The molecule has 1 aromatic carbocycles. The molecule has 2 unspecified atom stereocenters. The largest absolute Gasteiger partial charge is 0.487 e. The van der Waals surface area contributed by atoms with E-state index in [9.17, 15) is 8.78 Å². The van der Waals surface area contributed by atoms with E-state index in [1.54, 1.807) is 0 Å². The smallest absolute Gasteiger partial charge is 0.167 e. The molecule has 1 aliphatic carbocycles. The molecule has 2 nitrogen and oxygen atoms in total. The van der Waals surface area contributed by atoms with E-state index in [4.69, 9.17) is 4.74 Å². The topological polar surface area (TPSA) is 21.3 Å². The molecule has 0 aromatic heterocycles. The van der Waals surface area contributed by atoms with Gasteiger partial charge in [0.1, 0.15) is 11.9 Å². The van der Waals surface area contributed by atoms with Crippen molar-refractivity contribution in [3.05, 3.63) is 29.8 Å². The van der Waals surface area contributed by atoms with Crippen molar-refractivity contribution in [1.82, 2.24) is 5.32 Å². The lowest BCUT2D eigenvalue weighted by Crippen LogP contribution is -2.38. The van der Waals surface area contributed by atoms with Crippen molar-refractivity contribution in [3.8, 4) is 5.75 Å². The Morgan fingerprint density at radius 1 is 1.33 bits per heavy atom. The highest BCUT2D eigenvalue weighted by Gasteiger charge is 2.23. The standard InChI is InChI=1S/C14H19F2NO/c1-2-17-11-4-3-5-12(9-11)18-14-7-6-10(15)8-13(14)16/h6-8,11-12,17H,2-5,9H2,1H3. The molecule has 100 valence electrons. The molecule has 0 saturated heterocycles. The number of ether oxygens (including phenoxy) is 1. The van der Waals surface area contributed by atoms with E-state index in [0.29, 0.717) is 6.04 Å². The van der Waals surface area contributed by atoms with Gasteiger partial charge in [0.25, 0.3) is 0 Å². The van der Waals surface area contributed by atoms with Gasteiger partial charge in [0, 0.05) is 12.1 Å². The molecule has 2 rings (SSSR count). The fourth-order valence-corrected chi connectivity index (χ4v) is 2.48. The van der Waals surface area contributed by atoms with Crippen LogP contribution in [-0.4, -0.2) is 18.7 Å². The Morgan fingerprint density at radius 2 is 2.17 bits per heavy atom. The third-order valence-corrected chi connectivity index (χ3v) is 3.31. The van der Waals surface area contributed by atoms with Gasteiger partial charge in [0.15, 0.2) is 11.6 Å². The van der Waals surface area contributed by atoms with Crippen LogP contribution in [0.15, 0.2) is 18.2 Å². The first kappa shape index (κ1) is 13.3. The highest BCUT2D eigenvalue weighted by Crippen LogP contribution is 2.26. The molecule has 0 aliphatic heterocycles. The molecular weight excluding hydrogens is 236 g/mol. The normalized spacial score (nSPS) is 23.9. The minimum Gasteiger partial charge on any atom is -0.487 e. The van der Waals surface area contributed by atoms with Crippen molar-refractivity contribution < 1.29 is 13.5 Å². The maximum Gasteiger partial charge on any atom is 0.167 e. The highest BCUT2D eigenvalue weighted by molar-refractivity contribution is 5.25. The van der Waals surface area contributed by atoms with Gasteiger partial charge in [-0.2, -0.15) is 0 Å². The summed E-state index contributed by atoms with van der Waals surface area (Å²) in [7, 11) is 0. The van der Waals surface area contributed by atoms with Crippen LogP contribution < -0.4 is 10.1 Å². The molecule has 0 radical (unpaired) electrons. The zero-order valence-electron chi connectivity index (χ0n) is 10.6. The predicted molar refractivity (Wildman–Crippen MR) is 66.7 cm³/mol. The van der Waals surface area contributed by atoms with Gasteiger partial charge in [-0.3, -0.25) is 0 Å². The number of halogens is 2. The van der Waals surface area contributed by atoms with Crippen LogP contribution in [0, 0.1) is 11.6 Å². The lowest BCUT2D eigenvalue weighted by atomic mass is 9.93. The molecule has 1 aromatic rings. The molecule has 0 amide bonds. The summed E-state index contributed by atoms with van der Waals surface area (Å²) in [6.45, 7) is 3.01. The zero-order valence-corrected chi connectivity index (χ0v) is 10.6. The van der Waals surface area contributed by atoms with Crippen molar-refractivity contribution in [2.45, 2.75) is 44.8 Å². The summed E-state index contributed by atoms with van der Waals surface area (Å²) in [5.41, 5.74) is 0. The first-order valence-electron chi connectivity index (χ1n) is 6.54. The van der Waals surface area contributed by atoms with Gasteiger partial charge < -0.3 is 10.1 Å². The Balaban J connectivity index is 1.96. The Labute approximate surface area is 106 Å². The van der Waals surface area contributed by atoms with Crippen molar-refractivity contribution in [2.75, 3.05) is 6.54 Å². The lowest BCUT2D eigenvalue weighted by molar-refractivity contribution is 0.130. The van der Waals surface area contributed by atoms with Crippen LogP contribution in [0.2, 0.25) is 0 Å². The molecular formula is C14H19F2NO. The molecule has 0 bridgehead atoms. The second-order valence-corrected chi connectivity index (χ2v) is 4.74. The maximum absolute atomic E-state index is 13.5. The van der Waals surface area contributed by atoms with E-state index < -0.39 is 11.6 Å². The molecule has 4 heteroatoms.